The van der Waals surface area contributed by atoms with Gasteiger partial charge in [0.05, 0.1) is 6.10 Å². The van der Waals surface area contributed by atoms with Crippen LogP contribution in [0.15, 0.2) is 66.7 Å². The Morgan fingerprint density at radius 1 is 0.791 bits per heavy atom. The lowest BCUT2D eigenvalue weighted by Crippen LogP contribution is -2.47. The summed E-state index contributed by atoms with van der Waals surface area (Å²) in [5, 5.41) is 11.0. The zero-order valence-corrected chi connectivity index (χ0v) is 25.6. The first kappa shape index (κ1) is 33.9. The molecule has 3 rings (SSSR count). The Kier molecular flexibility index (Phi) is 13.3. The molecule has 0 aliphatic heterocycles. The summed E-state index contributed by atoms with van der Waals surface area (Å²) in [7, 11) is 0. The Bertz CT molecular complexity index is 1310. The number of amides is 2. The number of hydrogen-bond donors (Lipinski definition) is 2. The molecule has 0 aliphatic rings. The predicted octanol–water partition coefficient (Wildman–Crippen LogP) is 5.93. The molecule has 232 valence electrons. The first-order chi connectivity index (χ1) is 20.6. The Balaban J connectivity index is 1.80. The minimum atomic E-state index is -1.14. The van der Waals surface area contributed by atoms with Gasteiger partial charge in [0.2, 0.25) is 0 Å². The van der Waals surface area contributed by atoms with Crippen LogP contribution in [0, 0.1) is 18.6 Å². The number of unbranched alkanes of at least 4 members (excludes halogenated alkanes) is 1. The number of carbonyl (C=O) groups excluding carboxylic acids is 2. The number of aliphatic hydroxyl groups is 1. The van der Waals surface area contributed by atoms with E-state index in [0.29, 0.717) is 42.7 Å². The molecule has 0 saturated heterocycles. The number of aliphatic hydroxyl groups excluding tert-OH is 1. The second-order valence-corrected chi connectivity index (χ2v) is 11.3. The number of benzene rings is 3. The summed E-state index contributed by atoms with van der Waals surface area (Å²) < 4.78 is 27.4. The first-order valence-corrected chi connectivity index (χ1v) is 15.2. The van der Waals surface area contributed by atoms with Crippen LogP contribution in [0.25, 0.3) is 0 Å². The lowest BCUT2D eigenvalue weighted by atomic mass is 10.00. The standard InChI is InChI=1S/C35H45F2N3O3/c1-4-14-39(15-5-2)34(42)28-17-25(3)18-29(22-28)35(43)40(16-10-9-13-26-11-7-6-8-12-26)24-33(41)32(38)21-27-19-30(36)23-31(37)20-27/h6-8,11-12,17-20,22-23,32-33,41H,4-5,9-10,13-16,21,24,38H2,1-3H3/t32-,33+/m0/s1. The fraction of sp³-hybridized carbons (Fsp3) is 0.429. The van der Waals surface area contributed by atoms with Crippen LogP contribution in [-0.4, -0.2) is 65.0 Å². The van der Waals surface area contributed by atoms with Crippen molar-refractivity contribution in [2.75, 3.05) is 26.2 Å². The van der Waals surface area contributed by atoms with E-state index in [9.17, 15) is 23.5 Å². The van der Waals surface area contributed by atoms with Crippen molar-refractivity contribution >= 4 is 11.8 Å². The van der Waals surface area contributed by atoms with E-state index in [4.69, 9.17) is 5.73 Å². The third kappa shape index (κ3) is 10.6. The van der Waals surface area contributed by atoms with Crippen molar-refractivity contribution in [1.82, 2.24) is 9.80 Å². The van der Waals surface area contributed by atoms with Gasteiger partial charge in [-0.05, 0) is 92.5 Å². The highest BCUT2D eigenvalue weighted by molar-refractivity contribution is 6.00. The third-order valence-electron chi connectivity index (χ3n) is 7.41. The number of aryl methyl sites for hydroxylation is 2. The number of rotatable bonds is 16. The Labute approximate surface area is 254 Å². The van der Waals surface area contributed by atoms with E-state index >= 15 is 0 Å². The maximum Gasteiger partial charge on any atom is 0.253 e. The van der Waals surface area contributed by atoms with E-state index in [-0.39, 0.29) is 24.8 Å². The van der Waals surface area contributed by atoms with Gasteiger partial charge in [-0.2, -0.15) is 0 Å². The molecule has 6 nitrogen and oxygen atoms in total. The summed E-state index contributed by atoms with van der Waals surface area (Å²) >= 11 is 0. The van der Waals surface area contributed by atoms with E-state index < -0.39 is 23.8 Å². The van der Waals surface area contributed by atoms with Crippen molar-refractivity contribution in [2.24, 2.45) is 5.73 Å². The molecule has 0 aromatic heterocycles. The number of hydrogen-bond acceptors (Lipinski definition) is 4. The summed E-state index contributed by atoms with van der Waals surface area (Å²) in [4.78, 5) is 30.6. The third-order valence-corrected chi connectivity index (χ3v) is 7.41. The smallest absolute Gasteiger partial charge is 0.253 e. The van der Waals surface area contributed by atoms with Gasteiger partial charge in [0, 0.05) is 49.4 Å². The lowest BCUT2D eigenvalue weighted by molar-refractivity contribution is 0.0569. The van der Waals surface area contributed by atoms with Crippen LogP contribution in [0.2, 0.25) is 0 Å². The first-order valence-electron chi connectivity index (χ1n) is 15.2. The maximum absolute atomic E-state index is 13.9. The predicted molar refractivity (Wildman–Crippen MR) is 167 cm³/mol. The zero-order valence-electron chi connectivity index (χ0n) is 25.6. The second kappa shape index (κ2) is 16.9. The summed E-state index contributed by atoms with van der Waals surface area (Å²) in [5.74, 6) is -1.85. The summed E-state index contributed by atoms with van der Waals surface area (Å²) in [6.07, 6.45) is 2.94. The molecular formula is C35H45F2N3O3. The molecule has 0 radical (unpaired) electrons. The van der Waals surface area contributed by atoms with Crippen LogP contribution in [0.1, 0.15) is 76.9 Å². The van der Waals surface area contributed by atoms with Crippen LogP contribution in [0.4, 0.5) is 8.78 Å². The molecule has 0 spiro atoms. The number of nitrogens with two attached hydrogens (primary N) is 1. The van der Waals surface area contributed by atoms with Crippen LogP contribution < -0.4 is 5.73 Å². The highest BCUT2D eigenvalue weighted by Gasteiger charge is 2.25. The molecule has 0 unspecified atom stereocenters. The Hall–Kier alpha value is -3.62. The van der Waals surface area contributed by atoms with Crippen LogP contribution in [0.3, 0.4) is 0 Å². The van der Waals surface area contributed by atoms with Gasteiger partial charge in [0.15, 0.2) is 0 Å². The largest absolute Gasteiger partial charge is 0.390 e. The Morgan fingerprint density at radius 3 is 1.95 bits per heavy atom. The molecule has 0 saturated carbocycles. The monoisotopic (exact) mass is 593 g/mol. The van der Waals surface area contributed by atoms with Gasteiger partial charge in [-0.3, -0.25) is 9.59 Å². The maximum atomic E-state index is 13.9. The summed E-state index contributed by atoms with van der Waals surface area (Å²) in [5.41, 5.74) is 9.41. The SMILES string of the molecule is CCCN(CCC)C(=O)c1cc(C)cc(C(=O)N(CCCCc2ccccc2)C[C@@H](O)[C@@H](N)Cc2cc(F)cc(F)c2)c1. The van der Waals surface area contributed by atoms with Gasteiger partial charge < -0.3 is 20.6 Å². The van der Waals surface area contributed by atoms with Gasteiger partial charge in [-0.25, -0.2) is 8.78 Å². The van der Waals surface area contributed by atoms with Crippen molar-refractivity contribution in [3.05, 3.63) is 106 Å². The molecule has 3 aromatic rings. The van der Waals surface area contributed by atoms with E-state index in [1.165, 1.54) is 17.7 Å². The number of nitrogens with zero attached hydrogens (tertiary/aromatic N) is 2. The molecule has 0 aliphatic carbocycles. The molecular weight excluding hydrogens is 548 g/mol. The number of carbonyl (C=O) groups is 2. The van der Waals surface area contributed by atoms with Gasteiger partial charge in [0.25, 0.3) is 11.8 Å². The minimum absolute atomic E-state index is 0.0413. The number of halogens is 2. The topological polar surface area (TPSA) is 86.9 Å². The van der Waals surface area contributed by atoms with Crippen molar-refractivity contribution in [1.29, 1.82) is 0 Å². The molecule has 3 aromatic carbocycles. The molecule has 0 heterocycles. The molecule has 2 amide bonds. The van der Waals surface area contributed by atoms with Crippen molar-refractivity contribution < 1.29 is 23.5 Å². The Morgan fingerprint density at radius 2 is 1.37 bits per heavy atom. The van der Waals surface area contributed by atoms with E-state index in [0.717, 1.165) is 37.3 Å². The summed E-state index contributed by atoms with van der Waals surface area (Å²) in [6, 6.07) is 17.6. The lowest BCUT2D eigenvalue weighted by Gasteiger charge is -2.29. The molecule has 2 atom stereocenters. The molecule has 0 bridgehead atoms. The van der Waals surface area contributed by atoms with Gasteiger partial charge in [0.1, 0.15) is 11.6 Å². The molecule has 8 heteroatoms. The van der Waals surface area contributed by atoms with Crippen molar-refractivity contribution in [2.45, 2.75) is 71.4 Å². The van der Waals surface area contributed by atoms with E-state index in [1.54, 1.807) is 23.1 Å². The van der Waals surface area contributed by atoms with Crippen molar-refractivity contribution in [3.8, 4) is 0 Å². The fourth-order valence-electron chi connectivity index (χ4n) is 5.30. The van der Waals surface area contributed by atoms with Gasteiger partial charge in [-0.1, -0.05) is 44.2 Å². The molecule has 0 fully saturated rings. The fourth-order valence-corrected chi connectivity index (χ4v) is 5.30. The quantitative estimate of drug-likeness (QED) is 0.202. The highest BCUT2D eigenvalue weighted by Crippen LogP contribution is 2.18. The van der Waals surface area contributed by atoms with Crippen molar-refractivity contribution in [3.63, 3.8) is 0 Å². The minimum Gasteiger partial charge on any atom is -0.390 e. The van der Waals surface area contributed by atoms with E-state index in [1.807, 2.05) is 43.9 Å². The summed E-state index contributed by atoms with van der Waals surface area (Å²) in [6.45, 7) is 7.49. The second-order valence-electron chi connectivity index (χ2n) is 11.3. The normalized spacial score (nSPS) is 12.5. The van der Waals surface area contributed by atoms with E-state index in [2.05, 4.69) is 12.1 Å². The van der Waals surface area contributed by atoms with Gasteiger partial charge in [-0.15, -0.1) is 0 Å². The average molecular weight is 594 g/mol. The van der Waals surface area contributed by atoms with Crippen LogP contribution in [-0.2, 0) is 12.8 Å². The molecule has 3 N–H and O–H groups in total. The van der Waals surface area contributed by atoms with Crippen LogP contribution >= 0.6 is 0 Å². The zero-order chi connectivity index (χ0) is 31.4. The average Bonchev–Trinajstić information content (AvgIpc) is 2.97. The highest BCUT2D eigenvalue weighted by atomic mass is 19.1. The van der Waals surface area contributed by atoms with Crippen LogP contribution in [0.5, 0.6) is 0 Å². The molecule has 43 heavy (non-hydrogen) atoms. The van der Waals surface area contributed by atoms with Gasteiger partial charge >= 0.3 is 0 Å².